The maximum absolute atomic E-state index is 5.65. The highest BCUT2D eigenvalue weighted by Gasteiger charge is 2.18. The maximum atomic E-state index is 5.65. The van der Waals surface area contributed by atoms with E-state index in [0.29, 0.717) is 18.8 Å². The standard InChI is InChI=1S/C9H5Br5Cl2O/c10-4-5(11)7(13)9(8(14)6(4)12)17-2-1-3(15)16/h3H,1-2H2. The average molecular weight is 600 g/mol. The fourth-order valence-corrected chi connectivity index (χ4v) is 4.38. The molecule has 0 unspecified atom stereocenters. The number of alkyl halides is 2. The molecule has 0 aliphatic rings. The Labute approximate surface area is 152 Å². The molecule has 1 aromatic carbocycles. The summed E-state index contributed by atoms with van der Waals surface area (Å²) in [5.41, 5.74) is 0. The van der Waals surface area contributed by atoms with Gasteiger partial charge < -0.3 is 4.74 Å². The zero-order chi connectivity index (χ0) is 13.2. The monoisotopic (exact) mass is 594 g/mol. The van der Waals surface area contributed by atoms with Crippen molar-refractivity contribution in [3.63, 3.8) is 0 Å². The molecule has 0 saturated heterocycles. The highest BCUT2D eigenvalue weighted by atomic mass is 79.9. The molecular formula is C9H5Br5Cl2O. The highest BCUT2D eigenvalue weighted by Crippen LogP contribution is 2.48. The van der Waals surface area contributed by atoms with Crippen molar-refractivity contribution < 1.29 is 4.74 Å². The van der Waals surface area contributed by atoms with E-state index in [-0.39, 0.29) is 0 Å². The van der Waals surface area contributed by atoms with E-state index < -0.39 is 4.84 Å². The first-order valence-electron chi connectivity index (χ1n) is 4.28. The van der Waals surface area contributed by atoms with Crippen LogP contribution in [0.4, 0.5) is 0 Å². The van der Waals surface area contributed by atoms with Gasteiger partial charge in [0.05, 0.1) is 24.5 Å². The molecule has 1 nitrogen and oxygen atoms in total. The lowest BCUT2D eigenvalue weighted by Crippen LogP contribution is -2.03. The van der Waals surface area contributed by atoms with Crippen molar-refractivity contribution in [1.82, 2.24) is 0 Å². The van der Waals surface area contributed by atoms with Crippen molar-refractivity contribution >= 4 is 103 Å². The van der Waals surface area contributed by atoms with E-state index in [1.54, 1.807) is 0 Å². The first kappa shape index (κ1) is 17.1. The summed E-state index contributed by atoms with van der Waals surface area (Å²) in [6, 6.07) is 0. The zero-order valence-electron chi connectivity index (χ0n) is 8.05. The molecule has 1 rings (SSSR count). The second kappa shape index (κ2) is 7.70. The van der Waals surface area contributed by atoms with Gasteiger partial charge in [0.15, 0.2) is 0 Å². The Bertz CT molecular complexity index is 395. The van der Waals surface area contributed by atoms with Crippen LogP contribution in [0.3, 0.4) is 0 Å². The van der Waals surface area contributed by atoms with Gasteiger partial charge in [0.2, 0.25) is 0 Å². The third-order valence-corrected chi connectivity index (χ3v) is 8.21. The van der Waals surface area contributed by atoms with Gasteiger partial charge in [0.25, 0.3) is 0 Å². The third kappa shape index (κ3) is 4.50. The van der Waals surface area contributed by atoms with Gasteiger partial charge in [-0.3, -0.25) is 0 Å². The number of halogens is 7. The predicted octanol–water partition coefficient (Wildman–Crippen LogP) is 7.07. The van der Waals surface area contributed by atoms with E-state index in [1.165, 1.54) is 0 Å². The van der Waals surface area contributed by atoms with Crippen LogP contribution in [-0.4, -0.2) is 11.4 Å². The average Bonchev–Trinajstić information content (AvgIpc) is 2.28. The summed E-state index contributed by atoms with van der Waals surface area (Å²) in [6.45, 7) is 0.440. The van der Waals surface area contributed by atoms with Crippen molar-refractivity contribution in [2.75, 3.05) is 6.61 Å². The number of benzene rings is 1. The molecule has 0 fully saturated rings. The largest absolute Gasteiger partial charge is 0.491 e. The van der Waals surface area contributed by atoms with Crippen molar-refractivity contribution in [3.8, 4) is 5.75 Å². The number of rotatable bonds is 4. The number of ether oxygens (including phenoxy) is 1. The summed E-state index contributed by atoms with van der Waals surface area (Å²) in [6.07, 6.45) is 0.563. The van der Waals surface area contributed by atoms with Crippen LogP contribution < -0.4 is 4.74 Å². The normalized spacial score (nSPS) is 11.1. The van der Waals surface area contributed by atoms with Crippen LogP contribution in [0.5, 0.6) is 5.75 Å². The number of hydrogen-bond acceptors (Lipinski definition) is 1. The molecule has 8 heteroatoms. The quantitative estimate of drug-likeness (QED) is 0.204. The summed E-state index contributed by atoms with van der Waals surface area (Å²) >= 11 is 28.6. The van der Waals surface area contributed by atoms with Gasteiger partial charge in [-0.25, -0.2) is 0 Å². The molecule has 0 N–H and O–H groups in total. The molecule has 0 aliphatic carbocycles. The molecule has 1 aromatic rings. The SMILES string of the molecule is ClC(Cl)CCOc1c(Br)c(Br)c(Br)c(Br)c1Br. The lowest BCUT2D eigenvalue weighted by molar-refractivity contribution is 0.311. The van der Waals surface area contributed by atoms with E-state index in [1.807, 2.05) is 0 Å². The Kier molecular flexibility index (Phi) is 7.72. The lowest BCUT2D eigenvalue weighted by Gasteiger charge is -2.14. The summed E-state index contributed by atoms with van der Waals surface area (Å²) in [4.78, 5) is -0.421. The van der Waals surface area contributed by atoms with E-state index in [2.05, 4.69) is 79.6 Å². The van der Waals surface area contributed by atoms with Gasteiger partial charge >= 0.3 is 0 Å². The lowest BCUT2D eigenvalue weighted by atomic mass is 10.3. The van der Waals surface area contributed by atoms with Gasteiger partial charge in [-0.05, 0) is 79.6 Å². The van der Waals surface area contributed by atoms with Crippen LogP contribution in [-0.2, 0) is 0 Å². The molecule has 0 aromatic heterocycles. The first-order chi connectivity index (χ1) is 7.86. The van der Waals surface area contributed by atoms with E-state index in [0.717, 1.165) is 22.4 Å². The summed E-state index contributed by atoms with van der Waals surface area (Å²) in [5, 5.41) is 0. The molecule has 0 saturated carbocycles. The van der Waals surface area contributed by atoms with Crippen LogP contribution in [0.25, 0.3) is 0 Å². The van der Waals surface area contributed by atoms with Crippen molar-refractivity contribution in [2.24, 2.45) is 0 Å². The summed E-state index contributed by atoms with van der Waals surface area (Å²) in [5.74, 6) is 0.695. The van der Waals surface area contributed by atoms with E-state index in [9.17, 15) is 0 Å². The molecule has 0 heterocycles. The molecule has 17 heavy (non-hydrogen) atoms. The minimum Gasteiger partial charge on any atom is -0.491 e. The molecule has 0 radical (unpaired) electrons. The van der Waals surface area contributed by atoms with Gasteiger partial charge in [0, 0.05) is 10.9 Å². The second-order valence-electron chi connectivity index (χ2n) is 2.93. The second-order valence-corrected chi connectivity index (χ2v) is 8.17. The van der Waals surface area contributed by atoms with Crippen LogP contribution >= 0.6 is 103 Å². The minimum atomic E-state index is -0.421. The predicted molar refractivity (Wildman–Crippen MR) is 90.5 cm³/mol. The minimum absolute atomic E-state index is 0.421. The van der Waals surface area contributed by atoms with Crippen molar-refractivity contribution in [1.29, 1.82) is 0 Å². The first-order valence-corrected chi connectivity index (χ1v) is 9.12. The maximum Gasteiger partial charge on any atom is 0.150 e. The number of hydrogen-bond donors (Lipinski definition) is 0. The van der Waals surface area contributed by atoms with Crippen molar-refractivity contribution in [3.05, 3.63) is 22.4 Å². The van der Waals surface area contributed by atoms with Gasteiger partial charge in [0.1, 0.15) is 10.6 Å². The van der Waals surface area contributed by atoms with Gasteiger partial charge in [-0.15, -0.1) is 23.2 Å². The smallest absolute Gasteiger partial charge is 0.150 e. The summed E-state index contributed by atoms with van der Waals surface area (Å²) < 4.78 is 9.93. The zero-order valence-corrected chi connectivity index (χ0v) is 17.5. The van der Waals surface area contributed by atoms with Crippen molar-refractivity contribution in [2.45, 2.75) is 11.3 Å². The summed E-state index contributed by atoms with van der Waals surface area (Å²) in [7, 11) is 0. The fourth-order valence-electron chi connectivity index (χ4n) is 0.962. The molecule has 0 atom stereocenters. The Morgan fingerprint density at radius 3 is 1.65 bits per heavy atom. The fraction of sp³-hybridized carbons (Fsp3) is 0.333. The van der Waals surface area contributed by atoms with Crippen LogP contribution in [0, 0.1) is 0 Å². The van der Waals surface area contributed by atoms with Gasteiger partial charge in [-0.2, -0.15) is 0 Å². The van der Waals surface area contributed by atoms with Gasteiger partial charge in [-0.1, -0.05) is 0 Å². The third-order valence-electron chi connectivity index (χ3n) is 1.75. The van der Waals surface area contributed by atoms with Crippen LogP contribution in [0.1, 0.15) is 6.42 Å². The highest BCUT2D eigenvalue weighted by molar-refractivity contribution is 9.15. The molecule has 0 bridgehead atoms. The Morgan fingerprint density at radius 2 is 1.24 bits per heavy atom. The van der Waals surface area contributed by atoms with E-state index >= 15 is 0 Å². The Balaban J connectivity index is 2.99. The molecular weight excluding hydrogens is 595 g/mol. The Hall–Kier alpha value is 2.00. The van der Waals surface area contributed by atoms with Crippen LogP contribution in [0.15, 0.2) is 22.4 Å². The topological polar surface area (TPSA) is 9.23 Å². The Morgan fingerprint density at radius 1 is 0.824 bits per heavy atom. The molecule has 96 valence electrons. The van der Waals surface area contributed by atoms with Crippen LogP contribution in [0.2, 0.25) is 0 Å². The molecule has 0 aliphatic heterocycles. The van der Waals surface area contributed by atoms with E-state index in [4.69, 9.17) is 27.9 Å². The molecule has 0 amide bonds. The molecule has 0 spiro atoms.